The minimum Gasteiger partial charge on any atom is -0.147 e. The van der Waals surface area contributed by atoms with E-state index in [1.165, 1.54) is 16.3 Å². The molecule has 0 atom stereocenters. The predicted molar refractivity (Wildman–Crippen MR) is 40.0 cm³/mol. The molecule has 0 aliphatic rings. The van der Waals surface area contributed by atoms with Gasteiger partial charge in [-0.2, -0.15) is 0 Å². The molecular weight excluding hydrogens is 158 g/mol. The minimum absolute atomic E-state index is 0. The van der Waals surface area contributed by atoms with Crippen molar-refractivity contribution < 1.29 is 0 Å². The molecule has 0 nitrogen and oxygen atoms in total. The van der Waals surface area contributed by atoms with Crippen molar-refractivity contribution in [2.24, 2.45) is 0 Å². The van der Waals surface area contributed by atoms with Gasteiger partial charge in [-0.15, -0.1) is 36.4 Å². The highest BCUT2D eigenvalue weighted by molar-refractivity contribution is 6.22. The third kappa shape index (κ3) is 19.5. The van der Waals surface area contributed by atoms with Crippen LogP contribution in [-0.4, -0.2) is 16.1 Å². The Morgan fingerprint density at radius 1 is 1.33 bits per heavy atom. The van der Waals surface area contributed by atoms with Crippen molar-refractivity contribution >= 4 is 46.7 Å². The van der Waals surface area contributed by atoms with E-state index >= 15 is 0 Å². The van der Waals surface area contributed by atoms with Gasteiger partial charge in [-0.3, -0.25) is 0 Å². The summed E-state index contributed by atoms with van der Waals surface area (Å²) in [5.74, 6) is 0.853. The minimum atomic E-state index is 0. The number of halogens is 3. The highest BCUT2D eigenvalue weighted by Gasteiger charge is 1.59. The summed E-state index contributed by atoms with van der Waals surface area (Å²) in [6.45, 7) is 0. The van der Waals surface area contributed by atoms with E-state index in [4.69, 9.17) is 11.6 Å². The SMILES string of the molecule is Cl.Cl.[SiH3]CCCl. The maximum Gasteiger partial charge on any atom is 0.0192 e. The van der Waals surface area contributed by atoms with Gasteiger partial charge in [-0.05, 0) is 0 Å². The maximum absolute atomic E-state index is 5.22. The fraction of sp³-hybridized carbons (Fsp3) is 1.00. The van der Waals surface area contributed by atoms with Crippen molar-refractivity contribution in [2.45, 2.75) is 6.04 Å². The number of hydrogen-bond acceptors (Lipinski definition) is 0. The standard InChI is InChI=1S/C2H7ClSi.2ClH/c3-1-2-4;;/h1-2H2,4H3;2*1H. The maximum atomic E-state index is 5.22. The van der Waals surface area contributed by atoms with Crippen molar-refractivity contribution in [2.75, 3.05) is 5.88 Å². The summed E-state index contributed by atoms with van der Waals surface area (Å²) in [5, 5.41) is 0. The summed E-state index contributed by atoms with van der Waals surface area (Å²) in [7, 11) is 1.26. The molecule has 4 heteroatoms. The zero-order valence-corrected chi connectivity index (χ0v) is 8.00. The van der Waals surface area contributed by atoms with E-state index in [9.17, 15) is 0 Å². The van der Waals surface area contributed by atoms with E-state index in [1.54, 1.807) is 0 Å². The van der Waals surface area contributed by atoms with Crippen molar-refractivity contribution in [1.29, 1.82) is 0 Å². The summed E-state index contributed by atoms with van der Waals surface area (Å²) >= 11 is 5.22. The van der Waals surface area contributed by atoms with Crippen LogP contribution in [0, 0.1) is 0 Å². The van der Waals surface area contributed by atoms with Crippen LogP contribution in [0.25, 0.3) is 0 Å². The van der Waals surface area contributed by atoms with Crippen LogP contribution in [0.5, 0.6) is 0 Å². The first-order valence-electron chi connectivity index (χ1n) is 1.47. The summed E-state index contributed by atoms with van der Waals surface area (Å²) in [5.41, 5.74) is 0. The van der Waals surface area contributed by atoms with Crippen molar-refractivity contribution in [3.05, 3.63) is 0 Å². The van der Waals surface area contributed by atoms with Crippen molar-refractivity contribution in [3.8, 4) is 0 Å². The first-order chi connectivity index (χ1) is 1.91. The van der Waals surface area contributed by atoms with E-state index < -0.39 is 0 Å². The van der Waals surface area contributed by atoms with Crippen LogP contribution in [0.4, 0.5) is 0 Å². The van der Waals surface area contributed by atoms with Crippen molar-refractivity contribution in [1.82, 2.24) is 0 Å². The molecule has 0 spiro atoms. The lowest BCUT2D eigenvalue weighted by molar-refractivity contribution is 1.49. The normalized spacial score (nSPS) is 5.50. The molecular formula is C2H9Cl3Si. The average Bonchev–Trinajstić information content (AvgIpc) is 1.37. The lowest BCUT2D eigenvalue weighted by Gasteiger charge is -1.65. The number of rotatable bonds is 1. The second kappa shape index (κ2) is 16.5. The average molecular weight is 168 g/mol. The molecule has 0 heterocycles. The quantitative estimate of drug-likeness (QED) is 0.401. The van der Waals surface area contributed by atoms with Gasteiger partial charge in [-0.1, -0.05) is 6.04 Å². The molecule has 0 N–H and O–H groups in total. The van der Waals surface area contributed by atoms with Crippen LogP contribution in [0.15, 0.2) is 0 Å². The Hall–Kier alpha value is 1.09. The van der Waals surface area contributed by atoms with Crippen LogP contribution in [0.3, 0.4) is 0 Å². The van der Waals surface area contributed by atoms with Gasteiger partial charge >= 0.3 is 0 Å². The Morgan fingerprint density at radius 2 is 1.50 bits per heavy atom. The summed E-state index contributed by atoms with van der Waals surface area (Å²) in [6, 6.07) is 1.22. The molecule has 0 aromatic heterocycles. The number of alkyl halides is 1. The Labute approximate surface area is 58.9 Å². The first-order valence-corrected chi connectivity index (χ1v) is 3.42. The van der Waals surface area contributed by atoms with Gasteiger partial charge in [0.15, 0.2) is 0 Å². The van der Waals surface area contributed by atoms with Crippen LogP contribution < -0.4 is 0 Å². The Kier molecular flexibility index (Phi) is 43.3. The molecule has 0 amide bonds. The fourth-order valence-electron chi connectivity index (χ4n) is 0. The zero-order chi connectivity index (χ0) is 3.41. The van der Waals surface area contributed by atoms with Crippen molar-refractivity contribution in [3.63, 3.8) is 0 Å². The van der Waals surface area contributed by atoms with Gasteiger partial charge < -0.3 is 0 Å². The van der Waals surface area contributed by atoms with E-state index in [0.29, 0.717) is 0 Å². The zero-order valence-electron chi connectivity index (χ0n) is 3.61. The molecule has 0 aliphatic heterocycles. The first kappa shape index (κ1) is 15.7. The molecule has 0 saturated carbocycles. The van der Waals surface area contributed by atoms with Crippen LogP contribution in [-0.2, 0) is 0 Å². The predicted octanol–water partition coefficient (Wildman–Crippen LogP) is 0.852. The van der Waals surface area contributed by atoms with Gasteiger partial charge in [0.1, 0.15) is 0 Å². The Morgan fingerprint density at radius 3 is 1.50 bits per heavy atom. The highest BCUT2D eigenvalue weighted by atomic mass is 35.5. The molecule has 0 bridgehead atoms. The third-order valence-corrected chi connectivity index (χ3v) is 1.70. The van der Waals surface area contributed by atoms with E-state index in [1.807, 2.05) is 0 Å². The Balaban J connectivity index is -0.0000000450. The molecule has 0 radical (unpaired) electrons. The lowest BCUT2D eigenvalue weighted by atomic mass is 11.0. The molecule has 0 unspecified atom stereocenters. The highest BCUT2D eigenvalue weighted by Crippen LogP contribution is 1.73. The third-order valence-electron chi connectivity index (χ3n) is 0.189. The molecule has 42 valence electrons. The Bertz CT molecular complexity index is 10.8. The summed E-state index contributed by atoms with van der Waals surface area (Å²) in [6.07, 6.45) is 0. The van der Waals surface area contributed by atoms with Crippen LogP contribution >= 0.6 is 36.4 Å². The van der Waals surface area contributed by atoms with E-state index in [-0.39, 0.29) is 24.8 Å². The van der Waals surface area contributed by atoms with E-state index in [2.05, 4.69) is 0 Å². The fourth-order valence-corrected chi connectivity index (χ4v) is 0. The van der Waals surface area contributed by atoms with Gasteiger partial charge in [0.25, 0.3) is 0 Å². The molecule has 0 aromatic rings. The topological polar surface area (TPSA) is 0 Å². The van der Waals surface area contributed by atoms with Gasteiger partial charge in [0.2, 0.25) is 0 Å². The lowest BCUT2D eigenvalue weighted by Crippen LogP contribution is -1.62. The smallest absolute Gasteiger partial charge is 0.0192 e. The molecule has 0 fully saturated rings. The number of hydrogen-bond donors (Lipinski definition) is 0. The van der Waals surface area contributed by atoms with Gasteiger partial charge in [0, 0.05) is 16.1 Å². The summed E-state index contributed by atoms with van der Waals surface area (Å²) in [4.78, 5) is 0. The second-order valence-corrected chi connectivity index (χ2v) is 2.07. The molecule has 6 heavy (non-hydrogen) atoms. The summed E-state index contributed by atoms with van der Waals surface area (Å²) < 4.78 is 0. The molecule has 0 rings (SSSR count). The second-order valence-electron chi connectivity index (χ2n) is 0.689. The molecule has 0 aromatic carbocycles. The monoisotopic (exact) mass is 166 g/mol. The van der Waals surface area contributed by atoms with Crippen LogP contribution in [0.2, 0.25) is 6.04 Å². The van der Waals surface area contributed by atoms with Crippen LogP contribution in [0.1, 0.15) is 0 Å². The van der Waals surface area contributed by atoms with E-state index in [0.717, 1.165) is 5.88 Å². The largest absolute Gasteiger partial charge is 0.147 e. The van der Waals surface area contributed by atoms with Gasteiger partial charge in [0.05, 0.1) is 0 Å². The molecule has 0 aliphatic carbocycles. The van der Waals surface area contributed by atoms with Gasteiger partial charge in [-0.25, -0.2) is 0 Å². The molecule has 0 saturated heterocycles.